The minimum Gasteiger partial charge on any atom is -0.497 e. The lowest BCUT2D eigenvalue weighted by Crippen LogP contribution is -2.22. The number of ketones is 1. The summed E-state index contributed by atoms with van der Waals surface area (Å²) in [6.45, 7) is 0. The van der Waals surface area contributed by atoms with Crippen LogP contribution in [0.1, 0.15) is 10.4 Å². The van der Waals surface area contributed by atoms with E-state index in [1.165, 1.54) is 16.3 Å². The number of para-hydroxylation sites is 1. The summed E-state index contributed by atoms with van der Waals surface area (Å²) in [6, 6.07) is 21.6. The van der Waals surface area contributed by atoms with Gasteiger partial charge in [0, 0.05) is 16.1 Å². The second-order valence-electron chi connectivity index (χ2n) is 6.47. The molecule has 0 radical (unpaired) electrons. The number of Topliss-reactive ketones (excluding diaryl/α,β-unsaturated/α-hetero) is 1. The molecule has 5 nitrogen and oxygen atoms in total. The molecular weight excluding hydrogens is 464 g/mol. The van der Waals surface area contributed by atoms with E-state index in [1.54, 1.807) is 37.4 Å². The second-order valence-corrected chi connectivity index (χ2v) is 8.33. The lowest BCUT2D eigenvalue weighted by atomic mass is 10.2. The van der Waals surface area contributed by atoms with Crippen molar-refractivity contribution >= 4 is 44.4 Å². The number of fused-ring (bicyclic) bond motifs is 1. The fraction of sp³-hybridized carbons (Fsp3) is 0.0870. The van der Waals surface area contributed by atoms with Crippen molar-refractivity contribution in [1.29, 1.82) is 0 Å². The summed E-state index contributed by atoms with van der Waals surface area (Å²) in [6.07, 6.45) is 0. The molecule has 3 aromatic carbocycles. The van der Waals surface area contributed by atoms with E-state index < -0.39 is 0 Å². The molecule has 150 valence electrons. The average Bonchev–Trinajstić information content (AvgIpc) is 2.78. The number of ether oxygens (including phenoxy) is 1. The number of aromatic nitrogens is 2. The van der Waals surface area contributed by atoms with E-state index in [9.17, 15) is 9.59 Å². The molecule has 1 aromatic heterocycles. The predicted molar refractivity (Wildman–Crippen MR) is 123 cm³/mol. The fourth-order valence-corrected chi connectivity index (χ4v) is 4.21. The zero-order valence-corrected chi connectivity index (χ0v) is 18.4. The standard InChI is InChI=1S/C23H17BrN2O3S/c1-29-18-6-4-5-17(13-18)26-22(28)19-7-2-3-8-20(19)25-23(26)30-14-21(27)15-9-11-16(24)12-10-15/h2-13H,14H2,1H3. The molecule has 0 unspecified atom stereocenters. The number of hydrogen-bond donors (Lipinski definition) is 0. The van der Waals surface area contributed by atoms with Gasteiger partial charge in [-0.15, -0.1) is 0 Å². The molecule has 4 rings (SSSR count). The van der Waals surface area contributed by atoms with Gasteiger partial charge in [-0.3, -0.25) is 14.2 Å². The van der Waals surface area contributed by atoms with Crippen molar-refractivity contribution in [3.05, 3.63) is 93.2 Å². The molecular formula is C23H17BrN2O3S. The summed E-state index contributed by atoms with van der Waals surface area (Å²) < 4.78 is 7.75. The summed E-state index contributed by atoms with van der Waals surface area (Å²) in [5, 5.41) is 0.973. The van der Waals surface area contributed by atoms with Gasteiger partial charge in [0.05, 0.1) is 29.5 Å². The van der Waals surface area contributed by atoms with Crippen LogP contribution in [0.2, 0.25) is 0 Å². The highest BCUT2D eigenvalue weighted by molar-refractivity contribution is 9.10. The highest BCUT2D eigenvalue weighted by Crippen LogP contribution is 2.24. The maximum atomic E-state index is 13.3. The Labute approximate surface area is 185 Å². The van der Waals surface area contributed by atoms with Crippen molar-refractivity contribution in [1.82, 2.24) is 9.55 Å². The first-order chi connectivity index (χ1) is 14.6. The molecule has 1 heterocycles. The summed E-state index contributed by atoms with van der Waals surface area (Å²) in [4.78, 5) is 30.6. The zero-order valence-electron chi connectivity index (χ0n) is 16.0. The minimum absolute atomic E-state index is 0.0351. The van der Waals surface area contributed by atoms with Gasteiger partial charge in [-0.1, -0.05) is 58.0 Å². The Balaban J connectivity index is 1.76. The van der Waals surface area contributed by atoms with Gasteiger partial charge >= 0.3 is 0 Å². The van der Waals surface area contributed by atoms with Crippen LogP contribution in [0.15, 0.2) is 87.2 Å². The third-order valence-corrected chi connectivity index (χ3v) is 6.02. The zero-order chi connectivity index (χ0) is 21.1. The van der Waals surface area contributed by atoms with E-state index in [0.29, 0.717) is 33.1 Å². The van der Waals surface area contributed by atoms with Gasteiger partial charge in [0.25, 0.3) is 5.56 Å². The second kappa shape index (κ2) is 8.85. The van der Waals surface area contributed by atoms with Crippen molar-refractivity contribution in [3.63, 3.8) is 0 Å². The first-order valence-electron chi connectivity index (χ1n) is 9.14. The Kier molecular flexibility index (Phi) is 6.01. The van der Waals surface area contributed by atoms with Crippen LogP contribution >= 0.6 is 27.7 Å². The van der Waals surface area contributed by atoms with Crippen molar-refractivity contribution in [3.8, 4) is 11.4 Å². The molecule has 0 atom stereocenters. The molecule has 0 aliphatic carbocycles. The SMILES string of the molecule is COc1cccc(-n2c(SCC(=O)c3ccc(Br)cc3)nc3ccccc3c2=O)c1. The lowest BCUT2D eigenvalue weighted by molar-refractivity contribution is 0.102. The first-order valence-corrected chi connectivity index (χ1v) is 10.9. The van der Waals surface area contributed by atoms with E-state index >= 15 is 0 Å². The molecule has 7 heteroatoms. The van der Waals surface area contributed by atoms with E-state index in [2.05, 4.69) is 20.9 Å². The van der Waals surface area contributed by atoms with E-state index in [4.69, 9.17) is 4.74 Å². The molecule has 0 amide bonds. The number of carbonyl (C=O) groups excluding carboxylic acids is 1. The van der Waals surface area contributed by atoms with E-state index in [-0.39, 0.29) is 17.1 Å². The number of rotatable bonds is 6. The minimum atomic E-state index is -0.188. The molecule has 0 N–H and O–H groups in total. The largest absolute Gasteiger partial charge is 0.497 e. The molecule has 0 spiro atoms. The van der Waals surface area contributed by atoms with Crippen molar-refractivity contribution in [2.24, 2.45) is 0 Å². The van der Waals surface area contributed by atoms with E-state index in [1.807, 2.05) is 42.5 Å². The van der Waals surface area contributed by atoms with Gasteiger partial charge in [0.15, 0.2) is 10.9 Å². The third kappa shape index (κ3) is 4.17. The Morgan fingerprint density at radius 3 is 2.60 bits per heavy atom. The maximum absolute atomic E-state index is 13.3. The van der Waals surface area contributed by atoms with Gasteiger partial charge in [0.1, 0.15) is 5.75 Å². The third-order valence-electron chi connectivity index (χ3n) is 4.56. The number of halogens is 1. The first kappa shape index (κ1) is 20.4. The number of methoxy groups -OCH3 is 1. The number of nitrogens with zero attached hydrogens (tertiary/aromatic N) is 2. The van der Waals surface area contributed by atoms with Crippen molar-refractivity contribution in [2.45, 2.75) is 5.16 Å². The van der Waals surface area contributed by atoms with Gasteiger partial charge in [-0.2, -0.15) is 0 Å². The van der Waals surface area contributed by atoms with Crippen LogP contribution in [-0.2, 0) is 0 Å². The molecule has 30 heavy (non-hydrogen) atoms. The molecule has 4 aromatic rings. The average molecular weight is 481 g/mol. The number of thioether (sulfide) groups is 1. The maximum Gasteiger partial charge on any atom is 0.266 e. The Bertz CT molecular complexity index is 1290. The Morgan fingerprint density at radius 1 is 1.07 bits per heavy atom. The number of carbonyl (C=O) groups is 1. The van der Waals surface area contributed by atoms with Crippen LogP contribution in [-0.4, -0.2) is 28.2 Å². The van der Waals surface area contributed by atoms with Crippen LogP contribution in [0.25, 0.3) is 16.6 Å². The summed E-state index contributed by atoms with van der Waals surface area (Å²) >= 11 is 4.61. The van der Waals surface area contributed by atoms with Crippen molar-refractivity contribution in [2.75, 3.05) is 12.9 Å². The number of benzene rings is 3. The van der Waals surface area contributed by atoms with E-state index in [0.717, 1.165) is 4.47 Å². The Morgan fingerprint density at radius 2 is 1.83 bits per heavy atom. The molecule has 0 saturated heterocycles. The normalized spacial score (nSPS) is 10.9. The van der Waals surface area contributed by atoms with Crippen molar-refractivity contribution < 1.29 is 9.53 Å². The highest BCUT2D eigenvalue weighted by Gasteiger charge is 2.16. The van der Waals surface area contributed by atoms with Crippen LogP contribution in [0, 0.1) is 0 Å². The highest BCUT2D eigenvalue weighted by atomic mass is 79.9. The topological polar surface area (TPSA) is 61.2 Å². The van der Waals surface area contributed by atoms with Gasteiger partial charge < -0.3 is 4.74 Å². The fourth-order valence-electron chi connectivity index (χ4n) is 3.04. The summed E-state index contributed by atoms with van der Waals surface area (Å²) in [5.41, 5.74) is 1.66. The molecule has 0 saturated carbocycles. The van der Waals surface area contributed by atoms with Crippen LogP contribution < -0.4 is 10.3 Å². The molecule has 0 aliphatic heterocycles. The van der Waals surface area contributed by atoms with Gasteiger partial charge in [-0.05, 0) is 36.4 Å². The quantitative estimate of drug-likeness (QED) is 0.217. The molecule has 0 bridgehead atoms. The lowest BCUT2D eigenvalue weighted by Gasteiger charge is -2.14. The predicted octanol–water partition coefficient (Wildman–Crippen LogP) is 5.13. The summed E-state index contributed by atoms with van der Waals surface area (Å²) in [7, 11) is 1.58. The molecule has 0 aliphatic rings. The molecule has 0 fully saturated rings. The van der Waals surface area contributed by atoms with Gasteiger partial charge in [0.2, 0.25) is 0 Å². The Hall–Kier alpha value is -2.90. The summed E-state index contributed by atoms with van der Waals surface area (Å²) in [5.74, 6) is 0.762. The number of hydrogen-bond acceptors (Lipinski definition) is 5. The van der Waals surface area contributed by atoms with Gasteiger partial charge in [-0.25, -0.2) is 4.98 Å². The monoisotopic (exact) mass is 480 g/mol. The van der Waals surface area contributed by atoms with Crippen LogP contribution in [0.5, 0.6) is 5.75 Å². The smallest absolute Gasteiger partial charge is 0.266 e. The van der Waals surface area contributed by atoms with Crippen LogP contribution in [0.4, 0.5) is 0 Å². The van der Waals surface area contributed by atoms with Crippen LogP contribution in [0.3, 0.4) is 0 Å².